The average Bonchev–Trinajstić information content (AvgIpc) is 2.73. The molecule has 1 aliphatic heterocycles. The molecule has 2 aromatic rings. The van der Waals surface area contributed by atoms with E-state index in [1.807, 2.05) is 6.92 Å². The number of amides is 1. The van der Waals surface area contributed by atoms with Gasteiger partial charge in [-0.1, -0.05) is 29.8 Å². The Kier molecular flexibility index (Phi) is 6.00. The van der Waals surface area contributed by atoms with Gasteiger partial charge >= 0.3 is 6.18 Å². The first kappa shape index (κ1) is 22.0. The van der Waals surface area contributed by atoms with Crippen LogP contribution in [0, 0.1) is 6.92 Å². The number of hydrogen-bond acceptors (Lipinski definition) is 4. The van der Waals surface area contributed by atoms with Crippen LogP contribution in [0.2, 0.25) is 0 Å². The molecule has 3 rings (SSSR count). The summed E-state index contributed by atoms with van der Waals surface area (Å²) in [6.07, 6.45) is -4.56. The highest BCUT2D eigenvalue weighted by atomic mass is 32.2. The second-order valence-electron chi connectivity index (χ2n) is 6.91. The van der Waals surface area contributed by atoms with E-state index in [9.17, 15) is 31.2 Å². The number of benzene rings is 2. The van der Waals surface area contributed by atoms with Crippen LogP contribution in [0.1, 0.15) is 21.5 Å². The first-order valence-electron chi connectivity index (χ1n) is 9.08. The van der Waals surface area contributed by atoms with Crippen molar-refractivity contribution in [2.24, 2.45) is 0 Å². The van der Waals surface area contributed by atoms with Crippen LogP contribution in [0.15, 0.2) is 53.4 Å². The first-order valence-corrected chi connectivity index (χ1v) is 10.5. The summed E-state index contributed by atoms with van der Waals surface area (Å²) in [6, 6.07) is 9.80. The molecule has 1 amide bonds. The molecule has 0 unspecified atom stereocenters. The number of nitrogens with zero attached hydrogens (tertiary/aromatic N) is 2. The molecule has 0 aromatic heterocycles. The third-order valence-corrected chi connectivity index (χ3v) is 6.77. The van der Waals surface area contributed by atoms with E-state index >= 15 is 0 Å². The van der Waals surface area contributed by atoms with Crippen molar-refractivity contribution >= 4 is 21.7 Å². The maximum atomic E-state index is 12.7. The zero-order chi connectivity index (χ0) is 22.1. The molecule has 30 heavy (non-hydrogen) atoms. The maximum absolute atomic E-state index is 12.7. The fourth-order valence-corrected chi connectivity index (χ4v) is 4.49. The molecule has 1 fully saturated rings. The Bertz CT molecular complexity index is 1040. The van der Waals surface area contributed by atoms with Gasteiger partial charge < -0.3 is 4.90 Å². The zero-order valence-corrected chi connectivity index (χ0v) is 16.8. The summed E-state index contributed by atoms with van der Waals surface area (Å²) in [6.45, 7) is 1.76. The normalized spacial score (nSPS) is 15.8. The van der Waals surface area contributed by atoms with Gasteiger partial charge in [0.1, 0.15) is 0 Å². The number of ketones is 1. The number of piperazine rings is 1. The lowest BCUT2D eigenvalue weighted by Gasteiger charge is -2.33. The predicted molar refractivity (Wildman–Crippen MR) is 102 cm³/mol. The van der Waals surface area contributed by atoms with Gasteiger partial charge in [0.15, 0.2) is 0 Å². The van der Waals surface area contributed by atoms with E-state index < -0.39 is 33.5 Å². The van der Waals surface area contributed by atoms with Crippen LogP contribution < -0.4 is 0 Å². The molecule has 0 bridgehead atoms. The molecule has 160 valence electrons. The van der Waals surface area contributed by atoms with Crippen molar-refractivity contribution in [3.8, 4) is 0 Å². The Morgan fingerprint density at radius 2 is 1.40 bits per heavy atom. The molecular weight excluding hydrogens is 421 g/mol. The van der Waals surface area contributed by atoms with Gasteiger partial charge in [-0.25, -0.2) is 8.42 Å². The summed E-state index contributed by atoms with van der Waals surface area (Å²) < 4.78 is 64.5. The maximum Gasteiger partial charge on any atom is 0.416 e. The standard InChI is InChI=1S/C20H19F3N2O4S/c1-14-2-4-15(5-3-14)18(26)19(27)24-10-12-25(13-11-24)30(28,29)17-8-6-16(7-9-17)20(21,22)23/h2-9H,10-13H2,1H3. The lowest BCUT2D eigenvalue weighted by Crippen LogP contribution is -2.52. The van der Waals surface area contributed by atoms with Crippen molar-refractivity contribution in [1.29, 1.82) is 0 Å². The highest BCUT2D eigenvalue weighted by molar-refractivity contribution is 7.89. The average molecular weight is 440 g/mol. The van der Waals surface area contributed by atoms with Crippen molar-refractivity contribution < 1.29 is 31.2 Å². The summed E-state index contributed by atoms with van der Waals surface area (Å²) >= 11 is 0. The van der Waals surface area contributed by atoms with Crippen LogP contribution in [0.25, 0.3) is 0 Å². The largest absolute Gasteiger partial charge is 0.416 e. The molecule has 2 aromatic carbocycles. The fraction of sp³-hybridized carbons (Fsp3) is 0.300. The topological polar surface area (TPSA) is 74.8 Å². The molecule has 1 heterocycles. The van der Waals surface area contributed by atoms with Gasteiger partial charge in [-0.05, 0) is 31.2 Å². The van der Waals surface area contributed by atoms with E-state index in [4.69, 9.17) is 0 Å². The predicted octanol–water partition coefficient (Wildman–Crippen LogP) is 2.73. The molecule has 0 radical (unpaired) electrons. The van der Waals surface area contributed by atoms with Crippen LogP contribution in [-0.2, 0) is 21.0 Å². The molecule has 0 atom stereocenters. The number of hydrogen-bond donors (Lipinski definition) is 0. The summed E-state index contributed by atoms with van der Waals surface area (Å²) in [4.78, 5) is 25.8. The number of alkyl halides is 3. The van der Waals surface area contributed by atoms with Gasteiger partial charge in [0, 0.05) is 31.7 Å². The Labute approximate surface area is 172 Å². The van der Waals surface area contributed by atoms with Crippen molar-refractivity contribution in [2.75, 3.05) is 26.2 Å². The second-order valence-corrected chi connectivity index (χ2v) is 8.85. The molecule has 0 spiro atoms. The van der Waals surface area contributed by atoms with Crippen LogP contribution in [0.3, 0.4) is 0 Å². The molecule has 10 heteroatoms. The van der Waals surface area contributed by atoms with Crippen LogP contribution in [0.4, 0.5) is 13.2 Å². The van der Waals surface area contributed by atoms with Crippen LogP contribution in [0.5, 0.6) is 0 Å². The number of rotatable bonds is 4. The van der Waals surface area contributed by atoms with Gasteiger partial charge in [0.25, 0.3) is 5.91 Å². The molecule has 1 saturated heterocycles. The minimum absolute atomic E-state index is 0.0102. The van der Waals surface area contributed by atoms with Crippen molar-refractivity contribution in [3.63, 3.8) is 0 Å². The van der Waals surface area contributed by atoms with Crippen molar-refractivity contribution in [3.05, 3.63) is 65.2 Å². The molecule has 0 N–H and O–H groups in total. The number of halogens is 3. The van der Waals surface area contributed by atoms with Gasteiger partial charge in [0.05, 0.1) is 10.5 Å². The third kappa shape index (κ3) is 4.54. The second kappa shape index (κ2) is 8.19. The SMILES string of the molecule is Cc1ccc(C(=O)C(=O)N2CCN(S(=O)(=O)c3ccc(C(F)(F)F)cc3)CC2)cc1. The zero-order valence-electron chi connectivity index (χ0n) is 16.0. The summed E-state index contributed by atoms with van der Waals surface area (Å²) in [7, 11) is -4.01. The van der Waals surface area contributed by atoms with E-state index in [1.165, 1.54) is 4.90 Å². The number of aryl methyl sites for hydroxylation is 1. The van der Waals surface area contributed by atoms with E-state index in [1.54, 1.807) is 24.3 Å². The van der Waals surface area contributed by atoms with Gasteiger partial charge in [-0.2, -0.15) is 17.5 Å². The van der Waals surface area contributed by atoms with E-state index in [-0.39, 0.29) is 36.6 Å². The quantitative estimate of drug-likeness (QED) is 0.541. The van der Waals surface area contributed by atoms with Crippen LogP contribution >= 0.6 is 0 Å². The number of carbonyl (C=O) groups excluding carboxylic acids is 2. The highest BCUT2D eigenvalue weighted by Crippen LogP contribution is 2.30. The van der Waals surface area contributed by atoms with E-state index in [0.717, 1.165) is 22.0 Å². The highest BCUT2D eigenvalue weighted by Gasteiger charge is 2.34. The third-order valence-electron chi connectivity index (χ3n) is 4.85. The Balaban J connectivity index is 1.66. The minimum atomic E-state index is -4.56. The monoisotopic (exact) mass is 440 g/mol. The van der Waals surface area contributed by atoms with Gasteiger partial charge in [0.2, 0.25) is 15.8 Å². The summed E-state index contributed by atoms with van der Waals surface area (Å²) in [5.41, 5.74) is 0.262. The number of carbonyl (C=O) groups is 2. The summed E-state index contributed by atoms with van der Waals surface area (Å²) in [5.74, 6) is -1.39. The molecule has 6 nitrogen and oxygen atoms in total. The van der Waals surface area contributed by atoms with Crippen molar-refractivity contribution in [1.82, 2.24) is 9.21 Å². The molecular formula is C20H19F3N2O4S. The Morgan fingerprint density at radius 1 is 0.867 bits per heavy atom. The van der Waals surface area contributed by atoms with E-state index in [0.29, 0.717) is 12.1 Å². The fourth-order valence-electron chi connectivity index (χ4n) is 3.07. The number of Topliss-reactive ketones (excluding diaryl/α,β-unsaturated/α-hetero) is 1. The van der Waals surface area contributed by atoms with Crippen molar-refractivity contribution in [2.45, 2.75) is 18.0 Å². The number of sulfonamides is 1. The first-order chi connectivity index (χ1) is 14.0. The summed E-state index contributed by atoms with van der Waals surface area (Å²) in [5, 5.41) is 0. The molecule has 0 aliphatic carbocycles. The Hall–Kier alpha value is -2.72. The molecule has 0 saturated carbocycles. The Morgan fingerprint density at radius 3 is 1.90 bits per heavy atom. The van der Waals surface area contributed by atoms with Gasteiger partial charge in [-0.15, -0.1) is 0 Å². The smallest absolute Gasteiger partial charge is 0.333 e. The lowest BCUT2D eigenvalue weighted by atomic mass is 10.1. The van der Waals surface area contributed by atoms with Crippen LogP contribution in [-0.4, -0.2) is 55.5 Å². The minimum Gasteiger partial charge on any atom is -0.333 e. The van der Waals surface area contributed by atoms with Gasteiger partial charge in [-0.3, -0.25) is 9.59 Å². The lowest BCUT2D eigenvalue weighted by molar-refractivity contribution is -0.137. The van der Waals surface area contributed by atoms with E-state index in [2.05, 4.69) is 0 Å². The molecule has 1 aliphatic rings.